The summed E-state index contributed by atoms with van der Waals surface area (Å²) in [6, 6.07) is 0. The van der Waals surface area contributed by atoms with E-state index < -0.39 is 0 Å². The van der Waals surface area contributed by atoms with Crippen molar-refractivity contribution in [3.8, 4) is 0 Å². The van der Waals surface area contributed by atoms with Crippen molar-refractivity contribution in [2.45, 2.75) is 32.6 Å². The van der Waals surface area contributed by atoms with E-state index in [2.05, 4.69) is 11.8 Å². The minimum absolute atomic E-state index is 0.116. The Bertz CT molecular complexity index is 162. The zero-order chi connectivity index (χ0) is 9.68. The minimum Gasteiger partial charge on any atom is -0.369 e. The van der Waals surface area contributed by atoms with E-state index in [9.17, 15) is 4.79 Å². The van der Waals surface area contributed by atoms with Gasteiger partial charge in [-0.2, -0.15) is 0 Å². The Morgan fingerprint density at radius 2 is 2.08 bits per heavy atom. The molecular weight excluding hydrogens is 164 g/mol. The maximum absolute atomic E-state index is 10.9. The van der Waals surface area contributed by atoms with Crippen LogP contribution in [0.1, 0.15) is 32.6 Å². The van der Waals surface area contributed by atoms with E-state index in [0.717, 1.165) is 25.9 Å². The van der Waals surface area contributed by atoms with Crippen molar-refractivity contribution in [1.29, 1.82) is 0 Å². The first kappa shape index (κ1) is 10.5. The highest BCUT2D eigenvalue weighted by atomic mass is 16.1. The molecule has 1 aliphatic heterocycles. The molecule has 1 amide bonds. The maximum atomic E-state index is 10.9. The zero-order valence-electron chi connectivity index (χ0n) is 8.46. The third kappa shape index (κ3) is 3.35. The lowest BCUT2D eigenvalue weighted by molar-refractivity contribution is -0.123. The highest BCUT2D eigenvalue weighted by molar-refractivity contribution is 5.76. The van der Waals surface area contributed by atoms with E-state index in [1.165, 1.54) is 19.4 Å². The summed E-state index contributed by atoms with van der Waals surface area (Å²) in [7, 11) is 0. The Labute approximate surface area is 80.3 Å². The minimum atomic E-state index is -0.116. The predicted octanol–water partition coefficient (Wildman–Crippen LogP) is 0.984. The van der Waals surface area contributed by atoms with Crippen LogP contribution in [0.5, 0.6) is 0 Å². The molecule has 0 saturated carbocycles. The van der Waals surface area contributed by atoms with Crippen LogP contribution in [0, 0.1) is 5.92 Å². The maximum Gasteiger partial charge on any atom is 0.220 e. The number of carbonyl (C=O) groups is 1. The monoisotopic (exact) mass is 184 g/mol. The van der Waals surface area contributed by atoms with E-state index >= 15 is 0 Å². The van der Waals surface area contributed by atoms with Crippen LogP contribution in [0.4, 0.5) is 0 Å². The molecule has 3 nitrogen and oxygen atoms in total. The molecule has 2 N–H and O–H groups in total. The molecular formula is C10H20N2O. The molecule has 0 aliphatic carbocycles. The molecule has 0 aromatic carbocycles. The molecule has 1 aliphatic rings. The van der Waals surface area contributed by atoms with Crippen molar-refractivity contribution in [2.75, 3.05) is 19.6 Å². The van der Waals surface area contributed by atoms with Crippen LogP contribution in [0.25, 0.3) is 0 Å². The molecule has 0 spiro atoms. The largest absolute Gasteiger partial charge is 0.369 e. The van der Waals surface area contributed by atoms with Gasteiger partial charge in [-0.1, -0.05) is 13.3 Å². The topological polar surface area (TPSA) is 46.3 Å². The van der Waals surface area contributed by atoms with Crippen molar-refractivity contribution >= 4 is 5.91 Å². The van der Waals surface area contributed by atoms with Gasteiger partial charge in [-0.3, -0.25) is 4.79 Å². The Hall–Kier alpha value is -0.570. The van der Waals surface area contributed by atoms with Gasteiger partial charge >= 0.3 is 0 Å². The molecule has 76 valence electrons. The molecule has 0 unspecified atom stereocenters. The van der Waals surface area contributed by atoms with Crippen LogP contribution in [-0.2, 0) is 4.79 Å². The number of rotatable bonds is 4. The van der Waals surface area contributed by atoms with Crippen LogP contribution in [0.2, 0.25) is 0 Å². The van der Waals surface area contributed by atoms with Crippen LogP contribution in [0.3, 0.4) is 0 Å². The molecule has 3 heteroatoms. The average molecular weight is 184 g/mol. The van der Waals surface area contributed by atoms with Crippen LogP contribution >= 0.6 is 0 Å². The van der Waals surface area contributed by atoms with Gasteiger partial charge < -0.3 is 10.6 Å². The van der Waals surface area contributed by atoms with Crippen LogP contribution in [0.15, 0.2) is 0 Å². The zero-order valence-corrected chi connectivity index (χ0v) is 8.46. The average Bonchev–Trinajstić information content (AvgIpc) is 2.15. The Kier molecular flexibility index (Phi) is 4.22. The molecule has 0 radical (unpaired) electrons. The van der Waals surface area contributed by atoms with E-state index in [1.54, 1.807) is 0 Å². The van der Waals surface area contributed by atoms with Gasteiger partial charge in [-0.05, 0) is 38.9 Å². The number of carbonyl (C=O) groups excluding carboxylic acids is 1. The Balaban J connectivity index is 2.18. The summed E-state index contributed by atoms with van der Waals surface area (Å²) in [5.74, 6) is 0.0213. The lowest BCUT2D eigenvalue weighted by atomic mass is 9.96. The van der Waals surface area contributed by atoms with E-state index in [4.69, 9.17) is 5.73 Å². The normalized spacial score (nSPS) is 20.4. The molecule has 1 fully saturated rings. The molecule has 1 saturated heterocycles. The van der Waals surface area contributed by atoms with E-state index in [-0.39, 0.29) is 11.8 Å². The number of nitrogens with zero attached hydrogens (tertiary/aromatic N) is 1. The van der Waals surface area contributed by atoms with Crippen molar-refractivity contribution in [2.24, 2.45) is 11.7 Å². The first-order valence-corrected chi connectivity index (χ1v) is 5.25. The fourth-order valence-electron chi connectivity index (χ4n) is 1.82. The van der Waals surface area contributed by atoms with E-state index in [0.29, 0.717) is 0 Å². The quantitative estimate of drug-likeness (QED) is 0.708. The standard InChI is InChI=1S/C10H20N2O/c1-2-3-6-12-7-4-9(5-8-12)10(11)13/h9H,2-8H2,1H3,(H2,11,13). The van der Waals surface area contributed by atoms with Gasteiger partial charge in [0.05, 0.1) is 0 Å². The van der Waals surface area contributed by atoms with Gasteiger partial charge in [-0.25, -0.2) is 0 Å². The van der Waals surface area contributed by atoms with Crippen molar-refractivity contribution < 1.29 is 4.79 Å². The van der Waals surface area contributed by atoms with Crippen LogP contribution < -0.4 is 5.73 Å². The van der Waals surface area contributed by atoms with Gasteiger partial charge in [0.25, 0.3) is 0 Å². The molecule has 1 rings (SSSR count). The fourth-order valence-corrected chi connectivity index (χ4v) is 1.82. The Morgan fingerprint density at radius 3 is 2.54 bits per heavy atom. The smallest absolute Gasteiger partial charge is 0.220 e. The van der Waals surface area contributed by atoms with Gasteiger partial charge in [0.15, 0.2) is 0 Å². The Morgan fingerprint density at radius 1 is 1.46 bits per heavy atom. The third-order valence-electron chi connectivity index (χ3n) is 2.82. The molecule has 0 aromatic rings. The molecule has 13 heavy (non-hydrogen) atoms. The second-order valence-corrected chi connectivity index (χ2v) is 3.87. The van der Waals surface area contributed by atoms with Crippen molar-refractivity contribution in [1.82, 2.24) is 4.90 Å². The second-order valence-electron chi connectivity index (χ2n) is 3.87. The number of unbranched alkanes of at least 4 members (excludes halogenated alkanes) is 1. The number of amides is 1. The van der Waals surface area contributed by atoms with Gasteiger partial charge in [0.1, 0.15) is 0 Å². The number of hydrogen-bond acceptors (Lipinski definition) is 2. The first-order chi connectivity index (χ1) is 6.24. The first-order valence-electron chi connectivity index (χ1n) is 5.25. The summed E-state index contributed by atoms with van der Waals surface area (Å²) in [5.41, 5.74) is 5.26. The van der Waals surface area contributed by atoms with Gasteiger partial charge in [0.2, 0.25) is 5.91 Å². The molecule has 1 heterocycles. The fraction of sp³-hybridized carbons (Fsp3) is 0.900. The van der Waals surface area contributed by atoms with E-state index in [1.807, 2.05) is 0 Å². The number of likely N-dealkylation sites (tertiary alicyclic amines) is 1. The number of piperidine rings is 1. The summed E-state index contributed by atoms with van der Waals surface area (Å²) in [6.07, 6.45) is 4.43. The summed E-state index contributed by atoms with van der Waals surface area (Å²) in [4.78, 5) is 13.3. The van der Waals surface area contributed by atoms with Gasteiger partial charge in [0, 0.05) is 5.92 Å². The molecule has 0 atom stereocenters. The number of primary amides is 1. The summed E-state index contributed by atoms with van der Waals surface area (Å²) >= 11 is 0. The highest BCUT2D eigenvalue weighted by Gasteiger charge is 2.22. The number of nitrogens with two attached hydrogens (primary N) is 1. The number of hydrogen-bond donors (Lipinski definition) is 1. The van der Waals surface area contributed by atoms with Crippen molar-refractivity contribution in [3.05, 3.63) is 0 Å². The summed E-state index contributed by atoms with van der Waals surface area (Å²) < 4.78 is 0. The third-order valence-corrected chi connectivity index (χ3v) is 2.82. The van der Waals surface area contributed by atoms with Crippen molar-refractivity contribution in [3.63, 3.8) is 0 Å². The predicted molar refractivity (Wildman–Crippen MR) is 53.3 cm³/mol. The van der Waals surface area contributed by atoms with Crippen LogP contribution in [-0.4, -0.2) is 30.4 Å². The SMILES string of the molecule is CCCCN1CCC(C(N)=O)CC1. The lowest BCUT2D eigenvalue weighted by Gasteiger charge is -2.30. The molecule has 0 bridgehead atoms. The second kappa shape index (κ2) is 5.22. The molecule has 0 aromatic heterocycles. The highest BCUT2D eigenvalue weighted by Crippen LogP contribution is 2.16. The summed E-state index contributed by atoms with van der Waals surface area (Å²) in [6.45, 7) is 5.49. The van der Waals surface area contributed by atoms with Gasteiger partial charge in [-0.15, -0.1) is 0 Å². The summed E-state index contributed by atoms with van der Waals surface area (Å²) in [5, 5.41) is 0. The lowest BCUT2D eigenvalue weighted by Crippen LogP contribution is -2.38.